The van der Waals surface area contributed by atoms with Gasteiger partial charge in [-0.05, 0) is 18.4 Å². The molecule has 0 aromatic rings. The minimum atomic E-state index is -0.629. The van der Waals surface area contributed by atoms with E-state index in [1.165, 1.54) is 14.2 Å². The molecule has 0 bridgehead atoms. The van der Waals surface area contributed by atoms with Crippen molar-refractivity contribution in [1.29, 1.82) is 0 Å². The van der Waals surface area contributed by atoms with E-state index in [-0.39, 0.29) is 5.57 Å². The van der Waals surface area contributed by atoms with Crippen molar-refractivity contribution >= 4 is 11.9 Å². The summed E-state index contributed by atoms with van der Waals surface area (Å²) in [6, 6.07) is 0. The second-order valence-corrected chi connectivity index (χ2v) is 2.67. The Morgan fingerprint density at radius 2 is 1.29 bits per heavy atom. The smallest absolute Gasteiger partial charge is 0.345 e. The van der Waals surface area contributed by atoms with Gasteiger partial charge in [-0.25, -0.2) is 9.59 Å². The van der Waals surface area contributed by atoms with Gasteiger partial charge in [-0.15, -0.1) is 0 Å². The highest BCUT2D eigenvalue weighted by Crippen LogP contribution is 2.15. The zero-order valence-corrected chi connectivity index (χ0v) is 9.05. The molecule has 0 aromatic heterocycles. The van der Waals surface area contributed by atoms with E-state index in [0.717, 1.165) is 5.57 Å². The molecule has 0 aliphatic carbocycles. The van der Waals surface area contributed by atoms with Crippen molar-refractivity contribution in [3.05, 3.63) is 11.1 Å². The lowest BCUT2D eigenvalue weighted by Gasteiger charge is -2.08. The second kappa shape index (κ2) is 6.18. The summed E-state index contributed by atoms with van der Waals surface area (Å²) in [4.78, 5) is 22.6. The summed E-state index contributed by atoms with van der Waals surface area (Å²) in [6.45, 7) is 3.76. The van der Waals surface area contributed by atoms with E-state index >= 15 is 0 Å². The molecule has 0 saturated heterocycles. The SMILES string of the molecule is CCC(CC)=C(C(=O)OC)C(=O)OC. The Hall–Kier alpha value is -1.32. The van der Waals surface area contributed by atoms with Gasteiger partial charge in [-0.1, -0.05) is 13.8 Å². The third-order valence-electron chi connectivity index (χ3n) is 1.99. The van der Waals surface area contributed by atoms with E-state index in [2.05, 4.69) is 9.47 Å². The first-order chi connectivity index (χ1) is 6.62. The fourth-order valence-corrected chi connectivity index (χ4v) is 1.18. The highest BCUT2D eigenvalue weighted by Gasteiger charge is 2.22. The quantitative estimate of drug-likeness (QED) is 0.298. The maximum Gasteiger partial charge on any atom is 0.345 e. The third-order valence-corrected chi connectivity index (χ3v) is 1.99. The summed E-state index contributed by atoms with van der Waals surface area (Å²) < 4.78 is 9.04. The van der Waals surface area contributed by atoms with Gasteiger partial charge in [0.2, 0.25) is 0 Å². The van der Waals surface area contributed by atoms with Gasteiger partial charge in [0.05, 0.1) is 14.2 Å². The van der Waals surface area contributed by atoms with Crippen molar-refractivity contribution in [2.75, 3.05) is 14.2 Å². The number of methoxy groups -OCH3 is 2. The molecule has 0 aliphatic rings. The lowest BCUT2D eigenvalue weighted by Crippen LogP contribution is -2.18. The van der Waals surface area contributed by atoms with Gasteiger partial charge in [0.1, 0.15) is 5.57 Å². The lowest BCUT2D eigenvalue weighted by atomic mass is 10.0. The van der Waals surface area contributed by atoms with Crippen LogP contribution in [0.1, 0.15) is 26.7 Å². The molecular weight excluding hydrogens is 184 g/mol. The Balaban J connectivity index is 5.16. The Kier molecular flexibility index (Phi) is 5.60. The first kappa shape index (κ1) is 12.7. The van der Waals surface area contributed by atoms with Crippen LogP contribution in [0.5, 0.6) is 0 Å². The number of hydrogen-bond donors (Lipinski definition) is 0. The molecule has 0 aliphatic heterocycles. The van der Waals surface area contributed by atoms with Crippen LogP contribution in [0.3, 0.4) is 0 Å². The van der Waals surface area contributed by atoms with E-state index in [4.69, 9.17) is 0 Å². The number of esters is 2. The number of hydrogen-bond acceptors (Lipinski definition) is 4. The van der Waals surface area contributed by atoms with Crippen LogP contribution in [0.25, 0.3) is 0 Å². The van der Waals surface area contributed by atoms with Gasteiger partial charge >= 0.3 is 11.9 Å². The largest absolute Gasteiger partial charge is 0.465 e. The van der Waals surface area contributed by atoms with E-state index < -0.39 is 11.9 Å². The fraction of sp³-hybridized carbons (Fsp3) is 0.600. The number of allylic oxidation sites excluding steroid dienone is 1. The van der Waals surface area contributed by atoms with Crippen molar-refractivity contribution < 1.29 is 19.1 Å². The molecule has 0 N–H and O–H groups in total. The summed E-state index contributed by atoms with van der Waals surface area (Å²) >= 11 is 0. The maximum atomic E-state index is 11.3. The molecule has 0 fully saturated rings. The summed E-state index contributed by atoms with van der Waals surface area (Å²) in [6.07, 6.45) is 1.27. The standard InChI is InChI=1S/C10H16O4/c1-5-7(6-2)8(9(11)13-3)10(12)14-4/h5-6H2,1-4H3. The average molecular weight is 200 g/mol. The summed E-state index contributed by atoms with van der Waals surface area (Å²) in [5, 5.41) is 0. The zero-order chi connectivity index (χ0) is 11.1. The molecule has 0 atom stereocenters. The Morgan fingerprint density at radius 1 is 0.929 bits per heavy atom. The Morgan fingerprint density at radius 3 is 1.50 bits per heavy atom. The molecule has 0 unspecified atom stereocenters. The van der Waals surface area contributed by atoms with Crippen LogP contribution in [-0.2, 0) is 19.1 Å². The fourth-order valence-electron chi connectivity index (χ4n) is 1.18. The molecule has 0 saturated carbocycles. The van der Waals surface area contributed by atoms with Crippen molar-refractivity contribution in [3.8, 4) is 0 Å². The lowest BCUT2D eigenvalue weighted by molar-refractivity contribution is -0.144. The number of ether oxygens (including phenoxy) is 2. The highest BCUT2D eigenvalue weighted by molar-refractivity contribution is 6.14. The van der Waals surface area contributed by atoms with Gasteiger partial charge in [0.15, 0.2) is 0 Å². The molecular formula is C10H16O4. The maximum absolute atomic E-state index is 11.3. The molecule has 4 nitrogen and oxygen atoms in total. The third kappa shape index (κ3) is 2.87. The van der Waals surface area contributed by atoms with Gasteiger partial charge in [-0.3, -0.25) is 0 Å². The Bertz CT molecular complexity index is 229. The first-order valence-corrected chi connectivity index (χ1v) is 4.50. The van der Waals surface area contributed by atoms with Crippen molar-refractivity contribution in [2.45, 2.75) is 26.7 Å². The second-order valence-electron chi connectivity index (χ2n) is 2.67. The molecule has 0 rings (SSSR count). The number of rotatable bonds is 4. The normalized spacial score (nSPS) is 9.14. The minimum absolute atomic E-state index is 0.0278. The van der Waals surface area contributed by atoms with Crippen LogP contribution in [0.15, 0.2) is 11.1 Å². The Labute approximate surface area is 83.9 Å². The van der Waals surface area contributed by atoms with Crippen molar-refractivity contribution in [3.63, 3.8) is 0 Å². The predicted octanol–water partition coefficient (Wildman–Crippen LogP) is 1.45. The molecule has 0 spiro atoms. The van der Waals surface area contributed by atoms with E-state index in [1.54, 1.807) is 0 Å². The van der Waals surface area contributed by atoms with Crippen LogP contribution in [0.4, 0.5) is 0 Å². The van der Waals surface area contributed by atoms with E-state index in [9.17, 15) is 9.59 Å². The van der Waals surface area contributed by atoms with Gasteiger partial charge in [0, 0.05) is 0 Å². The zero-order valence-electron chi connectivity index (χ0n) is 9.05. The van der Waals surface area contributed by atoms with Crippen molar-refractivity contribution in [2.24, 2.45) is 0 Å². The van der Waals surface area contributed by atoms with Crippen LogP contribution in [-0.4, -0.2) is 26.2 Å². The summed E-state index contributed by atoms with van der Waals surface area (Å²) in [5.41, 5.74) is 0.781. The minimum Gasteiger partial charge on any atom is -0.465 e. The molecule has 0 aromatic carbocycles. The van der Waals surface area contributed by atoms with E-state index in [1.807, 2.05) is 13.8 Å². The summed E-state index contributed by atoms with van der Waals surface area (Å²) in [5.74, 6) is -1.26. The monoisotopic (exact) mass is 200 g/mol. The molecule has 0 heterocycles. The number of carbonyl (C=O) groups excluding carboxylic acids is 2. The van der Waals surface area contributed by atoms with Crippen LogP contribution < -0.4 is 0 Å². The number of carbonyl (C=O) groups is 2. The van der Waals surface area contributed by atoms with Crippen LogP contribution in [0, 0.1) is 0 Å². The summed E-state index contributed by atoms with van der Waals surface area (Å²) in [7, 11) is 2.49. The average Bonchev–Trinajstić information content (AvgIpc) is 2.23. The molecule has 0 amide bonds. The molecule has 80 valence electrons. The highest BCUT2D eigenvalue weighted by atomic mass is 16.5. The molecule has 0 radical (unpaired) electrons. The van der Waals surface area contributed by atoms with E-state index in [0.29, 0.717) is 12.8 Å². The van der Waals surface area contributed by atoms with Crippen molar-refractivity contribution in [1.82, 2.24) is 0 Å². The first-order valence-electron chi connectivity index (χ1n) is 4.50. The topological polar surface area (TPSA) is 52.6 Å². The molecule has 14 heavy (non-hydrogen) atoms. The predicted molar refractivity (Wildman–Crippen MR) is 51.6 cm³/mol. The van der Waals surface area contributed by atoms with Crippen LogP contribution >= 0.6 is 0 Å². The van der Waals surface area contributed by atoms with Gasteiger partial charge < -0.3 is 9.47 Å². The van der Waals surface area contributed by atoms with Gasteiger partial charge in [0.25, 0.3) is 0 Å². The van der Waals surface area contributed by atoms with Crippen LogP contribution in [0.2, 0.25) is 0 Å². The van der Waals surface area contributed by atoms with Gasteiger partial charge in [-0.2, -0.15) is 0 Å². The molecule has 4 heteroatoms.